The van der Waals surface area contributed by atoms with Crippen LogP contribution in [0.1, 0.15) is 56.6 Å². The Bertz CT molecular complexity index is 513. The van der Waals surface area contributed by atoms with E-state index in [4.69, 9.17) is 5.73 Å². The maximum absolute atomic E-state index is 12.7. The summed E-state index contributed by atoms with van der Waals surface area (Å²) in [6.07, 6.45) is 7.42. The zero-order valence-corrected chi connectivity index (χ0v) is 14.9. The molecular weight excluding hydrogens is 308 g/mol. The van der Waals surface area contributed by atoms with Crippen molar-refractivity contribution in [2.45, 2.75) is 70.5 Å². The van der Waals surface area contributed by atoms with Crippen LogP contribution in [0.2, 0.25) is 0 Å². The van der Waals surface area contributed by atoms with Crippen LogP contribution in [-0.4, -0.2) is 22.9 Å². The van der Waals surface area contributed by atoms with Crippen LogP contribution in [0.3, 0.4) is 0 Å². The van der Waals surface area contributed by atoms with Crippen molar-refractivity contribution in [2.24, 2.45) is 11.7 Å². The topological polar surface area (TPSA) is 46.3 Å². The summed E-state index contributed by atoms with van der Waals surface area (Å²) < 4.78 is 0. The highest BCUT2D eigenvalue weighted by Crippen LogP contribution is 2.32. The first-order valence-electron chi connectivity index (χ1n) is 8.80. The van der Waals surface area contributed by atoms with Crippen molar-refractivity contribution >= 4 is 18.3 Å². The van der Waals surface area contributed by atoms with Gasteiger partial charge in [0.2, 0.25) is 5.91 Å². The first-order valence-corrected chi connectivity index (χ1v) is 8.80. The van der Waals surface area contributed by atoms with E-state index in [1.807, 2.05) is 0 Å². The van der Waals surface area contributed by atoms with Gasteiger partial charge in [0.05, 0.1) is 0 Å². The van der Waals surface area contributed by atoms with Crippen LogP contribution in [0, 0.1) is 5.92 Å². The van der Waals surface area contributed by atoms with Gasteiger partial charge in [-0.3, -0.25) is 4.79 Å². The van der Waals surface area contributed by atoms with E-state index in [0.717, 1.165) is 38.6 Å². The van der Waals surface area contributed by atoms with Gasteiger partial charge in [-0.2, -0.15) is 0 Å². The number of rotatable bonds is 6. The summed E-state index contributed by atoms with van der Waals surface area (Å²) >= 11 is 0. The first-order chi connectivity index (χ1) is 10.7. The summed E-state index contributed by atoms with van der Waals surface area (Å²) in [4.78, 5) is 14.8. The Labute approximate surface area is 146 Å². The average Bonchev–Trinajstić information content (AvgIpc) is 3.29. The summed E-state index contributed by atoms with van der Waals surface area (Å²) in [6, 6.07) is 9.39. The smallest absolute Gasteiger partial charge is 0.223 e. The molecule has 2 aliphatic carbocycles. The second kappa shape index (κ2) is 8.16. The fraction of sp³-hybridized carbons (Fsp3) is 0.632. The lowest BCUT2D eigenvalue weighted by Gasteiger charge is -2.25. The molecule has 2 saturated carbocycles. The molecule has 23 heavy (non-hydrogen) atoms. The lowest BCUT2D eigenvalue weighted by atomic mass is 9.99. The van der Waals surface area contributed by atoms with E-state index in [2.05, 4.69) is 36.1 Å². The number of nitrogens with two attached hydrogens (primary N) is 1. The summed E-state index contributed by atoms with van der Waals surface area (Å²) in [5.74, 6) is 0.709. The van der Waals surface area contributed by atoms with E-state index in [9.17, 15) is 4.79 Å². The van der Waals surface area contributed by atoms with Crippen LogP contribution in [0.5, 0.6) is 0 Å². The van der Waals surface area contributed by atoms with Crippen molar-refractivity contribution in [3.05, 3.63) is 35.4 Å². The Kier molecular flexibility index (Phi) is 6.49. The molecule has 3 rings (SSSR count). The van der Waals surface area contributed by atoms with E-state index < -0.39 is 0 Å². The first kappa shape index (κ1) is 18.3. The van der Waals surface area contributed by atoms with E-state index in [0.29, 0.717) is 24.3 Å². The van der Waals surface area contributed by atoms with Crippen LogP contribution in [-0.2, 0) is 17.8 Å². The number of amides is 1. The Hall–Kier alpha value is -1.06. The number of nitrogens with zero attached hydrogens (tertiary/aromatic N) is 1. The van der Waals surface area contributed by atoms with E-state index >= 15 is 0 Å². The molecule has 4 heteroatoms. The number of aryl methyl sites for hydroxylation is 1. The van der Waals surface area contributed by atoms with Crippen LogP contribution in [0.4, 0.5) is 0 Å². The largest absolute Gasteiger partial charge is 0.335 e. The fourth-order valence-electron chi connectivity index (χ4n) is 3.54. The average molecular weight is 337 g/mol. The molecule has 0 heterocycles. The molecule has 0 bridgehead atoms. The minimum Gasteiger partial charge on any atom is -0.335 e. The second-order valence-electron chi connectivity index (χ2n) is 6.98. The summed E-state index contributed by atoms with van der Waals surface area (Å²) in [6.45, 7) is 2.93. The third-order valence-electron chi connectivity index (χ3n) is 5.25. The van der Waals surface area contributed by atoms with E-state index in [-0.39, 0.29) is 18.4 Å². The van der Waals surface area contributed by atoms with Crippen molar-refractivity contribution in [3.8, 4) is 0 Å². The molecule has 0 spiro atoms. The molecule has 128 valence electrons. The Morgan fingerprint density at radius 2 is 1.78 bits per heavy atom. The van der Waals surface area contributed by atoms with Crippen molar-refractivity contribution in [3.63, 3.8) is 0 Å². The van der Waals surface area contributed by atoms with Gasteiger partial charge in [-0.05, 0) is 49.1 Å². The Morgan fingerprint density at radius 1 is 1.13 bits per heavy atom. The number of hydrogen-bond acceptors (Lipinski definition) is 2. The third kappa shape index (κ3) is 4.71. The van der Waals surface area contributed by atoms with Crippen molar-refractivity contribution in [2.75, 3.05) is 0 Å². The predicted octanol–water partition coefficient (Wildman–Crippen LogP) is 3.68. The minimum atomic E-state index is 0. The van der Waals surface area contributed by atoms with Gasteiger partial charge in [0.15, 0.2) is 0 Å². The van der Waals surface area contributed by atoms with Gasteiger partial charge in [0.1, 0.15) is 0 Å². The highest BCUT2D eigenvalue weighted by molar-refractivity contribution is 5.85. The highest BCUT2D eigenvalue weighted by Gasteiger charge is 2.35. The molecule has 2 atom stereocenters. The SMILES string of the molecule is CCc1ccc(CN(C(=O)C[C@@H]2CCC[C@H]2N)C2CC2)cc1.Cl. The molecule has 2 fully saturated rings. The molecular formula is C19H29ClN2O. The monoisotopic (exact) mass is 336 g/mol. The predicted molar refractivity (Wildman–Crippen MR) is 96.6 cm³/mol. The number of benzene rings is 1. The molecule has 1 amide bonds. The molecule has 0 saturated heterocycles. The standard InChI is InChI=1S/C19H28N2O.ClH/c1-2-14-6-8-15(9-7-14)13-21(17-10-11-17)19(22)12-16-4-3-5-18(16)20;/h6-9,16-18H,2-5,10-13,20H2,1H3;1H/t16-,18+;/m0./s1. The normalized spacial score (nSPS) is 23.4. The molecule has 1 aromatic carbocycles. The molecule has 1 aromatic rings. The highest BCUT2D eigenvalue weighted by atomic mass is 35.5. The Morgan fingerprint density at radius 3 is 2.30 bits per heavy atom. The maximum Gasteiger partial charge on any atom is 0.223 e. The van der Waals surface area contributed by atoms with Crippen molar-refractivity contribution in [1.29, 1.82) is 0 Å². The number of carbonyl (C=O) groups excluding carboxylic acids is 1. The molecule has 2 N–H and O–H groups in total. The van der Waals surface area contributed by atoms with Crippen LogP contribution in [0.25, 0.3) is 0 Å². The van der Waals surface area contributed by atoms with E-state index in [1.165, 1.54) is 17.5 Å². The minimum absolute atomic E-state index is 0. The molecule has 0 aliphatic heterocycles. The van der Waals surface area contributed by atoms with Gasteiger partial charge in [0.25, 0.3) is 0 Å². The summed E-state index contributed by atoms with van der Waals surface area (Å²) in [5.41, 5.74) is 8.73. The quantitative estimate of drug-likeness (QED) is 0.861. The van der Waals surface area contributed by atoms with Gasteiger partial charge in [-0.1, -0.05) is 37.6 Å². The van der Waals surface area contributed by atoms with Crippen LogP contribution < -0.4 is 5.73 Å². The number of halogens is 1. The van der Waals surface area contributed by atoms with Crippen LogP contribution >= 0.6 is 12.4 Å². The van der Waals surface area contributed by atoms with Gasteiger partial charge < -0.3 is 10.6 Å². The zero-order valence-electron chi connectivity index (χ0n) is 14.0. The van der Waals surface area contributed by atoms with Crippen molar-refractivity contribution in [1.82, 2.24) is 4.90 Å². The molecule has 2 aliphatic rings. The van der Waals surface area contributed by atoms with Gasteiger partial charge in [-0.25, -0.2) is 0 Å². The molecule has 0 unspecified atom stereocenters. The van der Waals surface area contributed by atoms with Crippen LogP contribution in [0.15, 0.2) is 24.3 Å². The maximum atomic E-state index is 12.7. The van der Waals surface area contributed by atoms with E-state index in [1.54, 1.807) is 0 Å². The fourth-order valence-corrected chi connectivity index (χ4v) is 3.54. The number of carbonyl (C=O) groups is 1. The number of hydrogen-bond donors (Lipinski definition) is 1. The summed E-state index contributed by atoms with van der Waals surface area (Å²) in [5, 5.41) is 0. The van der Waals surface area contributed by atoms with Gasteiger partial charge in [0, 0.05) is 25.0 Å². The zero-order chi connectivity index (χ0) is 15.5. The lowest BCUT2D eigenvalue weighted by Crippen LogP contribution is -2.36. The van der Waals surface area contributed by atoms with Gasteiger partial charge >= 0.3 is 0 Å². The molecule has 3 nitrogen and oxygen atoms in total. The lowest BCUT2D eigenvalue weighted by molar-refractivity contribution is -0.133. The molecule has 0 aromatic heterocycles. The Balaban J connectivity index is 0.00000192. The summed E-state index contributed by atoms with van der Waals surface area (Å²) in [7, 11) is 0. The second-order valence-corrected chi connectivity index (χ2v) is 6.98. The van der Waals surface area contributed by atoms with Gasteiger partial charge in [-0.15, -0.1) is 12.4 Å². The molecule has 0 radical (unpaired) electrons. The van der Waals surface area contributed by atoms with Crippen molar-refractivity contribution < 1.29 is 4.79 Å². The third-order valence-corrected chi connectivity index (χ3v) is 5.25.